The van der Waals surface area contributed by atoms with Crippen LogP contribution in [0.25, 0.3) is 0 Å². The smallest absolute Gasteiger partial charge is 0.305 e. The Kier molecular flexibility index (Phi) is 30.8. The fourth-order valence-corrected chi connectivity index (χ4v) is 14.2. The van der Waals surface area contributed by atoms with Gasteiger partial charge in [-0.2, -0.15) is 0 Å². The first-order valence-electron chi connectivity index (χ1n) is 32.0. The lowest BCUT2D eigenvalue weighted by Gasteiger charge is -2.56. The summed E-state index contributed by atoms with van der Waals surface area (Å²) in [6.07, 6.45) is 51.7. The van der Waals surface area contributed by atoms with Gasteiger partial charge >= 0.3 is 5.97 Å². The van der Waals surface area contributed by atoms with Gasteiger partial charge in [0.15, 0.2) is 11.5 Å². The number of ketones is 2. The van der Waals surface area contributed by atoms with Crippen LogP contribution in [0.5, 0.6) is 0 Å². The van der Waals surface area contributed by atoms with Gasteiger partial charge < -0.3 is 19.7 Å². The molecule has 0 unspecified atom stereocenters. The molecule has 0 aromatic heterocycles. The molecule has 0 radical (unpaired) electrons. The highest BCUT2D eigenvalue weighted by Crippen LogP contribution is 2.65. The number of hydrogen-bond acceptors (Lipinski definition) is 8. The van der Waals surface area contributed by atoms with Crippen molar-refractivity contribution in [1.82, 2.24) is 0 Å². The number of aliphatic hydroxyl groups is 2. The quantitative estimate of drug-likeness (QED) is 0.0205. The predicted molar refractivity (Wildman–Crippen MR) is 323 cm³/mol. The maximum absolute atomic E-state index is 15.1. The van der Waals surface area contributed by atoms with Crippen LogP contribution in [-0.2, 0) is 28.7 Å². The molecule has 0 amide bonds. The summed E-state index contributed by atoms with van der Waals surface area (Å²) in [5, 5.41) is 25.8. The number of allylic oxidation sites excluding steroid dienone is 13. The van der Waals surface area contributed by atoms with Crippen LogP contribution in [0.4, 0.5) is 0 Å². The molecule has 0 aliphatic heterocycles. The Bertz CT molecular complexity index is 2060. The highest BCUT2D eigenvalue weighted by Gasteiger charge is 2.65. The van der Waals surface area contributed by atoms with Crippen molar-refractivity contribution >= 4 is 23.8 Å². The molecule has 8 atom stereocenters. The van der Waals surface area contributed by atoms with E-state index in [9.17, 15) is 24.6 Å². The van der Waals surface area contributed by atoms with Crippen LogP contribution < -0.4 is 0 Å². The van der Waals surface area contributed by atoms with Crippen molar-refractivity contribution in [3.63, 3.8) is 0 Å². The van der Waals surface area contributed by atoms with Crippen LogP contribution in [0.1, 0.15) is 273 Å². The largest absolute Gasteiger partial charge is 0.493 e. The molecule has 0 aromatic rings. The van der Waals surface area contributed by atoms with E-state index in [1.807, 2.05) is 13.8 Å². The molecule has 440 valence electrons. The van der Waals surface area contributed by atoms with Gasteiger partial charge in [-0.3, -0.25) is 19.2 Å². The Morgan fingerprint density at radius 1 is 0.731 bits per heavy atom. The number of hydrogen-bond donors (Lipinski definition) is 2. The minimum absolute atomic E-state index is 0.0922. The fraction of sp³-hybridized carbons (Fsp3) is 0.743. The van der Waals surface area contributed by atoms with Gasteiger partial charge in [0.2, 0.25) is 5.78 Å². The van der Waals surface area contributed by atoms with E-state index in [2.05, 4.69) is 77.2 Å². The second kappa shape index (κ2) is 36.0. The summed E-state index contributed by atoms with van der Waals surface area (Å²) in [4.78, 5) is 55.2. The third kappa shape index (κ3) is 19.5. The highest BCUT2D eigenvalue weighted by molar-refractivity contribution is 6.12. The van der Waals surface area contributed by atoms with E-state index in [1.54, 1.807) is 0 Å². The summed E-state index contributed by atoms with van der Waals surface area (Å²) in [6.45, 7) is 14.8. The fourth-order valence-electron chi connectivity index (χ4n) is 14.2. The second-order valence-corrected chi connectivity index (χ2v) is 24.9. The first-order valence-corrected chi connectivity index (χ1v) is 32.0. The molecule has 4 aliphatic rings. The Hall–Kier alpha value is -3.62. The maximum Gasteiger partial charge on any atom is 0.305 e. The monoisotopic (exact) mass is 1080 g/mol. The molecule has 2 N–H and O–H groups in total. The van der Waals surface area contributed by atoms with Crippen molar-refractivity contribution in [2.24, 2.45) is 34.5 Å². The van der Waals surface area contributed by atoms with Gasteiger partial charge in [-0.1, -0.05) is 188 Å². The summed E-state index contributed by atoms with van der Waals surface area (Å²) >= 11 is 0. The highest BCUT2D eigenvalue weighted by atomic mass is 16.5. The van der Waals surface area contributed by atoms with Crippen molar-refractivity contribution in [3.8, 4) is 0 Å². The number of esters is 1. The second-order valence-electron chi connectivity index (χ2n) is 24.9. The van der Waals surface area contributed by atoms with Crippen molar-refractivity contribution in [2.45, 2.75) is 285 Å². The average molecular weight is 1080 g/mol. The summed E-state index contributed by atoms with van der Waals surface area (Å²) < 4.78 is 11.5. The van der Waals surface area contributed by atoms with Crippen LogP contribution in [0, 0.1) is 34.5 Å². The molecular weight excluding hydrogens is 969 g/mol. The van der Waals surface area contributed by atoms with Crippen LogP contribution >= 0.6 is 0 Å². The Labute approximate surface area is 476 Å². The molecule has 0 saturated heterocycles. The van der Waals surface area contributed by atoms with Gasteiger partial charge in [0.05, 0.1) is 30.8 Å². The number of Topliss-reactive ketones (excluding diaryl/α,β-unsaturated/α-hetero) is 1. The lowest BCUT2D eigenvalue weighted by atomic mass is 9.51. The topological polar surface area (TPSA) is 127 Å². The van der Waals surface area contributed by atoms with Gasteiger partial charge in [0, 0.05) is 35.7 Å². The lowest BCUT2D eigenvalue weighted by molar-refractivity contribution is -0.168. The zero-order valence-corrected chi connectivity index (χ0v) is 50.9. The third-order valence-corrected chi connectivity index (χ3v) is 18.8. The number of carbonyl (C=O) groups excluding carboxylic acids is 4. The molecule has 0 bridgehead atoms. The SMILES string of the molecule is CCCC/C=C\CCCCCCCCCCCC(=O)OCCC[C@@H]1/C(=C(/C)C=O)CC[C@](C)(O)[C@@]12CC[C@@H](C1=C[C@@H](/C=C(\C)CCC=C(C)C)[C@]3(CCCCCCCCC/C=C\CCCC)C(=O)C(OC)=CC(=O)[C@@H]3C1)[C@H]2O. The number of carbonyl (C=O) groups is 4. The van der Waals surface area contributed by atoms with Crippen molar-refractivity contribution in [1.29, 1.82) is 0 Å². The number of rotatable bonds is 39. The zero-order valence-electron chi connectivity index (χ0n) is 50.9. The van der Waals surface area contributed by atoms with Crippen LogP contribution in [0.15, 0.2) is 82.2 Å². The van der Waals surface area contributed by atoms with Crippen molar-refractivity contribution < 1.29 is 38.9 Å². The number of fused-ring (bicyclic) bond motifs is 1. The Morgan fingerprint density at radius 3 is 1.86 bits per heavy atom. The zero-order chi connectivity index (χ0) is 56.8. The van der Waals surface area contributed by atoms with Crippen molar-refractivity contribution in [2.75, 3.05) is 13.7 Å². The number of unbranched alkanes of at least 4 members (excludes halogenated alkanes) is 20. The van der Waals surface area contributed by atoms with Gasteiger partial charge in [-0.25, -0.2) is 0 Å². The summed E-state index contributed by atoms with van der Waals surface area (Å²) in [5.74, 6) is -1.90. The van der Waals surface area contributed by atoms with Gasteiger partial charge in [0.1, 0.15) is 6.29 Å². The van der Waals surface area contributed by atoms with Gasteiger partial charge in [-0.15, -0.1) is 0 Å². The summed E-state index contributed by atoms with van der Waals surface area (Å²) in [5.41, 5.74) is 1.77. The molecule has 8 nitrogen and oxygen atoms in total. The number of ether oxygens (including phenoxy) is 2. The van der Waals surface area contributed by atoms with Crippen LogP contribution in [0.2, 0.25) is 0 Å². The van der Waals surface area contributed by atoms with E-state index in [-0.39, 0.29) is 47.7 Å². The van der Waals surface area contributed by atoms with E-state index < -0.39 is 28.5 Å². The standard InChI is InChI=1S/C70H112O8/c1-9-11-13-15-17-19-21-23-24-25-27-29-31-33-35-42-65(73)78-48-38-41-61-59(56(6)53-71)43-46-68(7,76)70(61)47-44-60(66(70)74)57-50-58(49-55(5)40-37-39-54(3)4)69(62(51-57)63(72)52-64(77-8)67(69)75)45-36-34-32-30-28-26-22-20-18-16-14-12-10-2/h15-18,39,49-50,52-53,58,60-62,66,74,76H,9-14,19-38,40-48,51H2,1-8H3/b17-15-,18-16-,55-49+,59-56-/t58-,60+,61-,62+,66-,68+,69+,70+/m1/s1. The van der Waals surface area contributed by atoms with E-state index in [4.69, 9.17) is 9.47 Å². The Morgan fingerprint density at radius 2 is 1.29 bits per heavy atom. The van der Waals surface area contributed by atoms with E-state index >= 15 is 4.79 Å². The normalized spacial score (nSPS) is 27.1. The van der Waals surface area contributed by atoms with Gasteiger partial charge in [-0.05, 0) is 155 Å². The minimum Gasteiger partial charge on any atom is -0.493 e. The van der Waals surface area contributed by atoms with Crippen molar-refractivity contribution in [3.05, 3.63) is 82.2 Å². The van der Waals surface area contributed by atoms with E-state index in [0.717, 1.165) is 87.2 Å². The molecule has 2 saturated carbocycles. The molecule has 0 heterocycles. The lowest BCUT2D eigenvalue weighted by Crippen LogP contribution is -2.59. The molecule has 4 aliphatic carbocycles. The molecule has 2 fully saturated rings. The Balaban J connectivity index is 1.48. The molecule has 1 spiro atoms. The number of aldehydes is 1. The summed E-state index contributed by atoms with van der Waals surface area (Å²) in [6, 6.07) is 0. The van der Waals surface area contributed by atoms with E-state index in [0.29, 0.717) is 63.4 Å². The first-order chi connectivity index (χ1) is 37.6. The van der Waals surface area contributed by atoms with Crippen LogP contribution in [-0.4, -0.2) is 59.5 Å². The average Bonchev–Trinajstić information content (AvgIpc) is 3.99. The minimum atomic E-state index is -1.25. The molecule has 4 rings (SSSR count). The van der Waals surface area contributed by atoms with Gasteiger partial charge in [0.25, 0.3) is 0 Å². The maximum atomic E-state index is 15.1. The molecule has 8 heteroatoms. The van der Waals surface area contributed by atoms with Crippen LogP contribution in [0.3, 0.4) is 0 Å². The third-order valence-electron chi connectivity index (χ3n) is 18.8. The predicted octanol–water partition coefficient (Wildman–Crippen LogP) is 18.0. The molecular formula is C70H112O8. The number of methoxy groups -OCH3 is 1. The van der Waals surface area contributed by atoms with E-state index in [1.165, 1.54) is 121 Å². The number of aliphatic hydroxyl groups excluding tert-OH is 1. The molecule has 78 heavy (non-hydrogen) atoms. The molecule has 0 aromatic carbocycles. The first kappa shape index (κ1) is 66.9. The summed E-state index contributed by atoms with van der Waals surface area (Å²) in [7, 11) is 1.49.